The summed E-state index contributed by atoms with van der Waals surface area (Å²) in [5.41, 5.74) is 3.50. The van der Waals surface area contributed by atoms with Crippen LogP contribution in [0.4, 0.5) is 0 Å². The fourth-order valence-electron chi connectivity index (χ4n) is 3.30. The van der Waals surface area contributed by atoms with Crippen LogP contribution in [-0.4, -0.2) is 8.42 Å². The van der Waals surface area contributed by atoms with Crippen LogP contribution >= 0.6 is 67.9 Å². The van der Waals surface area contributed by atoms with Gasteiger partial charge < -0.3 is 0 Å². The highest BCUT2D eigenvalue weighted by atomic mass is 127. The molecule has 0 aliphatic carbocycles. The summed E-state index contributed by atoms with van der Waals surface area (Å²) < 4.78 is 28.9. The summed E-state index contributed by atoms with van der Waals surface area (Å²) >= 11 is 7.90. The second kappa shape index (κ2) is 6.65. The Morgan fingerprint density at radius 1 is 0.630 bits per heavy atom. The Labute approximate surface area is 192 Å². The van der Waals surface area contributed by atoms with Crippen LogP contribution in [0.3, 0.4) is 0 Å². The van der Waals surface area contributed by atoms with Crippen LogP contribution in [0.2, 0.25) is 0 Å². The van der Waals surface area contributed by atoms with Gasteiger partial charge in [-0.15, -0.1) is 22.7 Å². The van der Waals surface area contributed by atoms with Crippen molar-refractivity contribution in [1.82, 2.24) is 0 Å². The van der Waals surface area contributed by atoms with Crippen molar-refractivity contribution in [3.63, 3.8) is 0 Å². The topological polar surface area (TPSA) is 34.1 Å². The molecule has 0 radical (unpaired) electrons. The zero-order chi connectivity index (χ0) is 18.8. The lowest BCUT2D eigenvalue weighted by molar-refractivity contribution is 0.599. The van der Waals surface area contributed by atoms with E-state index < -0.39 is 9.84 Å². The van der Waals surface area contributed by atoms with Gasteiger partial charge in [-0.1, -0.05) is 24.3 Å². The molecular formula is C20H10I2O2S3. The monoisotopic (exact) mass is 632 g/mol. The van der Waals surface area contributed by atoms with Crippen molar-refractivity contribution in [2.75, 3.05) is 0 Å². The summed E-state index contributed by atoms with van der Waals surface area (Å²) in [6, 6.07) is 19.7. The van der Waals surface area contributed by atoms with Crippen molar-refractivity contribution in [2.45, 2.75) is 9.79 Å². The molecule has 2 nitrogen and oxygen atoms in total. The van der Waals surface area contributed by atoms with Gasteiger partial charge in [-0.3, -0.25) is 0 Å². The minimum atomic E-state index is -3.51. The fourth-order valence-corrected chi connectivity index (χ4v) is 8.27. The van der Waals surface area contributed by atoms with Crippen LogP contribution in [0, 0.1) is 5.77 Å². The van der Waals surface area contributed by atoms with Gasteiger partial charge in [-0.2, -0.15) is 0 Å². The lowest BCUT2D eigenvalue weighted by Gasteiger charge is -2.03. The maximum absolute atomic E-state index is 13.3. The molecule has 4 aromatic rings. The van der Waals surface area contributed by atoms with E-state index in [0.717, 1.165) is 32.0 Å². The summed E-state index contributed by atoms with van der Waals surface area (Å²) in [6.45, 7) is 0. The lowest BCUT2D eigenvalue weighted by Crippen LogP contribution is -1.97. The molecule has 0 saturated heterocycles. The Kier molecular flexibility index (Phi) is 4.51. The van der Waals surface area contributed by atoms with Gasteiger partial charge in [0.2, 0.25) is 9.84 Å². The number of hydrogen-bond donors (Lipinski definition) is 0. The Morgan fingerprint density at radius 3 is 1.44 bits per heavy atom. The zero-order valence-electron chi connectivity index (χ0n) is 13.6. The summed E-state index contributed by atoms with van der Waals surface area (Å²) in [5.74, 6) is 0. The molecule has 5 rings (SSSR count). The molecule has 0 spiro atoms. The van der Waals surface area contributed by atoms with E-state index in [1.807, 2.05) is 60.7 Å². The van der Waals surface area contributed by atoms with Crippen LogP contribution in [-0.2, 0) is 9.84 Å². The molecule has 3 heterocycles. The van der Waals surface area contributed by atoms with Crippen LogP contribution in [0.25, 0.3) is 32.0 Å². The van der Waals surface area contributed by atoms with E-state index >= 15 is 0 Å². The van der Waals surface area contributed by atoms with E-state index in [1.165, 1.54) is 5.77 Å². The fraction of sp³-hybridized carbons (Fsp3) is 0. The minimum absolute atomic E-state index is 0.413. The minimum Gasteiger partial charge on any atom is -0.218 e. The maximum atomic E-state index is 13.3. The van der Waals surface area contributed by atoms with E-state index in [-0.39, 0.29) is 0 Å². The van der Waals surface area contributed by atoms with Gasteiger partial charge in [0.25, 0.3) is 0 Å². The first-order valence-electron chi connectivity index (χ1n) is 7.98. The van der Waals surface area contributed by atoms with Crippen LogP contribution in [0.1, 0.15) is 0 Å². The van der Waals surface area contributed by atoms with Crippen LogP contribution in [0.5, 0.6) is 0 Å². The molecular weight excluding hydrogens is 622 g/mol. The molecule has 0 bridgehead atoms. The summed E-state index contributed by atoms with van der Waals surface area (Å²) in [7, 11) is -3.51. The molecule has 27 heavy (non-hydrogen) atoms. The van der Waals surface area contributed by atoms with Gasteiger partial charge in [0.05, 0.1) is 15.6 Å². The Bertz CT molecular complexity index is 1220. The normalized spacial score (nSPS) is 14.1. The highest BCUT2D eigenvalue weighted by molar-refractivity contribution is 14.1. The van der Waals surface area contributed by atoms with E-state index in [9.17, 15) is 8.42 Å². The largest absolute Gasteiger partial charge is 0.218 e. The highest BCUT2D eigenvalue weighted by Crippen LogP contribution is 2.46. The maximum Gasteiger partial charge on any atom is 0.207 e. The predicted octanol–water partition coefficient (Wildman–Crippen LogP) is 7.17. The van der Waals surface area contributed by atoms with Gasteiger partial charge in [0.1, 0.15) is 0 Å². The van der Waals surface area contributed by atoms with Crippen LogP contribution < -0.4 is 0 Å². The summed E-state index contributed by atoms with van der Waals surface area (Å²) in [6.07, 6.45) is 0. The smallest absolute Gasteiger partial charge is 0.207 e. The molecule has 0 saturated carbocycles. The average molecular weight is 632 g/mol. The molecule has 1 aliphatic heterocycles. The van der Waals surface area contributed by atoms with Crippen molar-refractivity contribution in [3.05, 3.63) is 66.4 Å². The molecule has 0 N–H and O–H groups in total. The van der Waals surface area contributed by atoms with Crippen LogP contribution in [0.15, 0.2) is 70.5 Å². The first kappa shape index (κ1) is 18.3. The SMILES string of the molecule is O=S1(=O)c2cc(-c3ccc(I)s3)ccc2-c2ccc(-c3ccc(I)s3)cc21. The third-order valence-electron chi connectivity index (χ3n) is 4.55. The molecule has 0 unspecified atom stereocenters. The number of hydrogen-bond acceptors (Lipinski definition) is 4. The second-order valence-electron chi connectivity index (χ2n) is 6.13. The van der Waals surface area contributed by atoms with Gasteiger partial charge in [0, 0.05) is 20.9 Å². The standard InChI is InChI=1S/C20H10I2O2S3/c21-19-7-5-15(25-19)11-1-3-13-14-4-2-12(16-6-8-20(22)26-16)10-18(14)27(23,24)17(13)9-11/h1-10H. The third-order valence-corrected chi connectivity index (χ3v) is 10.3. The molecule has 2 aromatic heterocycles. The average Bonchev–Trinajstić information content (AvgIpc) is 3.33. The number of thiophene rings is 2. The summed E-state index contributed by atoms with van der Waals surface area (Å²) in [5, 5.41) is 0. The zero-order valence-corrected chi connectivity index (χ0v) is 20.3. The number of sulfone groups is 1. The Balaban J connectivity index is 1.67. The van der Waals surface area contributed by atoms with E-state index in [2.05, 4.69) is 45.2 Å². The summed E-state index contributed by atoms with van der Waals surface area (Å²) in [4.78, 5) is 3.00. The molecule has 1 aliphatic rings. The molecule has 2 aromatic carbocycles. The Morgan fingerprint density at radius 2 is 1.07 bits per heavy atom. The molecule has 0 atom stereocenters. The quantitative estimate of drug-likeness (QED) is 0.194. The number of benzene rings is 2. The second-order valence-corrected chi connectivity index (χ2v) is 14.0. The van der Waals surface area contributed by atoms with E-state index in [0.29, 0.717) is 9.79 Å². The van der Waals surface area contributed by atoms with Crippen molar-refractivity contribution in [2.24, 2.45) is 0 Å². The number of halogens is 2. The van der Waals surface area contributed by atoms with Crippen molar-refractivity contribution in [3.8, 4) is 32.0 Å². The van der Waals surface area contributed by atoms with Gasteiger partial charge >= 0.3 is 0 Å². The lowest BCUT2D eigenvalue weighted by atomic mass is 10.0. The molecule has 7 heteroatoms. The van der Waals surface area contributed by atoms with Crippen molar-refractivity contribution < 1.29 is 8.42 Å². The van der Waals surface area contributed by atoms with E-state index in [4.69, 9.17) is 0 Å². The van der Waals surface area contributed by atoms with Gasteiger partial charge in [-0.25, -0.2) is 8.42 Å². The highest BCUT2D eigenvalue weighted by Gasteiger charge is 2.33. The van der Waals surface area contributed by atoms with Crippen molar-refractivity contribution >= 4 is 77.7 Å². The third kappa shape index (κ3) is 3.02. The first-order valence-corrected chi connectivity index (χ1v) is 13.3. The molecule has 0 fully saturated rings. The number of rotatable bonds is 2. The molecule has 134 valence electrons. The molecule has 0 amide bonds. The van der Waals surface area contributed by atoms with Gasteiger partial charge in [0.15, 0.2) is 0 Å². The first-order chi connectivity index (χ1) is 12.9. The van der Waals surface area contributed by atoms with Crippen molar-refractivity contribution in [1.29, 1.82) is 0 Å². The van der Waals surface area contributed by atoms with Gasteiger partial charge in [-0.05, 0) is 92.7 Å². The Hall–Kier alpha value is -0.750. The number of fused-ring (bicyclic) bond motifs is 3. The predicted molar refractivity (Wildman–Crippen MR) is 129 cm³/mol. The van der Waals surface area contributed by atoms with E-state index in [1.54, 1.807) is 22.7 Å².